The van der Waals surface area contributed by atoms with E-state index in [4.69, 9.17) is 5.84 Å². The number of nitrogens with one attached hydrogen (secondary N) is 1. The van der Waals surface area contributed by atoms with E-state index in [0.29, 0.717) is 17.5 Å². The third-order valence-corrected chi connectivity index (χ3v) is 4.42. The van der Waals surface area contributed by atoms with Gasteiger partial charge < -0.3 is 11.2 Å². The quantitative estimate of drug-likeness (QED) is 0.455. The number of nitrogens with zero attached hydrogens (tertiary/aromatic N) is 3. The first kappa shape index (κ1) is 18.3. The van der Waals surface area contributed by atoms with Crippen LogP contribution in [-0.4, -0.2) is 33.1 Å². The molecule has 0 saturated carbocycles. The van der Waals surface area contributed by atoms with E-state index >= 15 is 0 Å². The van der Waals surface area contributed by atoms with Crippen LogP contribution in [0, 0.1) is 0 Å². The molecule has 6 nitrogen and oxygen atoms in total. The van der Waals surface area contributed by atoms with E-state index in [-0.39, 0.29) is 17.1 Å². The molecule has 1 aromatic heterocycles. The van der Waals surface area contributed by atoms with Crippen molar-refractivity contribution in [2.75, 3.05) is 18.1 Å². The highest BCUT2D eigenvalue weighted by atomic mass is 32.2. The Morgan fingerprint density at radius 3 is 2.58 bits per heavy atom. The van der Waals surface area contributed by atoms with Crippen molar-refractivity contribution in [3.8, 4) is 0 Å². The Morgan fingerprint density at radius 2 is 1.96 bits per heavy atom. The minimum Gasteiger partial charge on any atom is -0.355 e. The molecular weight excluding hydrogens is 322 g/mol. The lowest BCUT2D eigenvalue weighted by atomic mass is 9.96. The summed E-state index contributed by atoms with van der Waals surface area (Å²) in [6.45, 7) is 6.73. The number of hydrogen-bond donors (Lipinski definition) is 2. The lowest BCUT2D eigenvalue weighted by Gasteiger charge is -2.16. The van der Waals surface area contributed by atoms with E-state index in [1.54, 1.807) is 0 Å². The molecule has 2 aromatic rings. The van der Waals surface area contributed by atoms with Crippen LogP contribution in [0.5, 0.6) is 0 Å². The van der Waals surface area contributed by atoms with E-state index in [2.05, 4.69) is 27.6 Å². The normalized spacial score (nSPS) is 11.5. The van der Waals surface area contributed by atoms with E-state index in [1.807, 2.05) is 39.0 Å². The second-order valence-corrected chi connectivity index (χ2v) is 7.60. The van der Waals surface area contributed by atoms with Gasteiger partial charge in [0.2, 0.25) is 11.1 Å². The van der Waals surface area contributed by atoms with Gasteiger partial charge in [0.05, 0.1) is 5.75 Å². The maximum absolute atomic E-state index is 11.9. The Hall–Kier alpha value is -2.02. The number of aryl methyl sites for hydroxylation is 1. The smallest absolute Gasteiger partial charge is 0.230 e. The molecule has 0 spiro atoms. The molecule has 1 amide bonds. The molecule has 0 fully saturated rings. The predicted octanol–water partition coefficient (Wildman–Crippen LogP) is 2.13. The van der Waals surface area contributed by atoms with E-state index < -0.39 is 0 Å². The molecule has 0 unspecified atom stereocenters. The molecule has 0 aliphatic heterocycles. The van der Waals surface area contributed by atoms with E-state index in [0.717, 1.165) is 12.8 Å². The van der Waals surface area contributed by atoms with Crippen molar-refractivity contribution < 1.29 is 4.79 Å². The third kappa shape index (κ3) is 5.26. The molecule has 2 rings (SSSR count). The van der Waals surface area contributed by atoms with Crippen LogP contribution in [0.3, 0.4) is 0 Å². The zero-order valence-corrected chi connectivity index (χ0v) is 15.3. The van der Waals surface area contributed by atoms with E-state index in [1.165, 1.54) is 22.0 Å². The number of hydrogen-bond acceptors (Lipinski definition) is 5. The summed E-state index contributed by atoms with van der Waals surface area (Å²) in [4.78, 5) is 11.9. The number of benzene rings is 1. The average Bonchev–Trinajstić information content (AvgIpc) is 2.91. The van der Waals surface area contributed by atoms with Crippen LogP contribution in [0.4, 0.5) is 0 Å². The summed E-state index contributed by atoms with van der Waals surface area (Å²) in [5.41, 5.74) is 1.10. The van der Waals surface area contributed by atoms with Gasteiger partial charge in [0, 0.05) is 12.0 Å². The van der Waals surface area contributed by atoms with E-state index in [9.17, 15) is 4.79 Å². The van der Waals surface area contributed by atoms with Crippen molar-refractivity contribution in [1.82, 2.24) is 20.2 Å². The largest absolute Gasteiger partial charge is 0.355 e. The number of nitrogens with two attached hydrogens (primary N) is 1. The molecule has 0 aliphatic rings. The summed E-state index contributed by atoms with van der Waals surface area (Å²) in [6, 6.07) is 10.2. The molecule has 130 valence electrons. The monoisotopic (exact) mass is 347 g/mol. The predicted molar refractivity (Wildman–Crippen MR) is 97.4 cm³/mol. The zero-order chi connectivity index (χ0) is 17.6. The minimum absolute atomic E-state index is 0.0200. The summed E-state index contributed by atoms with van der Waals surface area (Å²) >= 11 is 1.30. The number of aromatic nitrogens is 3. The second kappa shape index (κ2) is 8.19. The molecule has 0 aliphatic carbocycles. The number of carbonyl (C=O) groups excluding carboxylic acids is 1. The third-order valence-electron chi connectivity index (χ3n) is 3.47. The summed E-state index contributed by atoms with van der Waals surface area (Å²) in [5, 5.41) is 11.6. The molecular formula is C17H25N5OS. The lowest BCUT2D eigenvalue weighted by Crippen LogP contribution is -2.27. The topological polar surface area (TPSA) is 85.8 Å². The Morgan fingerprint density at radius 1 is 1.25 bits per heavy atom. The SMILES string of the molecule is CC(C)(C)c1nnc(SCC(=O)NCCCc2ccccc2)n1N. The summed E-state index contributed by atoms with van der Waals surface area (Å²) in [6.07, 6.45) is 1.88. The second-order valence-electron chi connectivity index (χ2n) is 6.65. The van der Waals surface area contributed by atoms with Crippen molar-refractivity contribution in [3.63, 3.8) is 0 Å². The summed E-state index contributed by atoms with van der Waals surface area (Å²) in [7, 11) is 0. The number of nitrogen functional groups attached to an aromatic ring is 1. The van der Waals surface area contributed by atoms with Crippen molar-refractivity contribution in [2.24, 2.45) is 0 Å². The first-order valence-electron chi connectivity index (χ1n) is 8.02. The molecule has 0 bridgehead atoms. The van der Waals surface area contributed by atoms with Crippen LogP contribution in [0.25, 0.3) is 0 Å². The Kier molecular flexibility index (Phi) is 6.25. The van der Waals surface area contributed by atoms with Crippen molar-refractivity contribution in [2.45, 2.75) is 44.2 Å². The number of thioether (sulfide) groups is 1. The van der Waals surface area contributed by atoms with Gasteiger partial charge in [-0.1, -0.05) is 62.9 Å². The molecule has 7 heteroatoms. The fraction of sp³-hybridized carbons (Fsp3) is 0.471. The van der Waals surface area contributed by atoms with Gasteiger partial charge in [0.25, 0.3) is 0 Å². The Bertz CT molecular complexity index is 663. The van der Waals surface area contributed by atoms with Crippen molar-refractivity contribution in [3.05, 3.63) is 41.7 Å². The number of rotatable bonds is 7. The Balaban J connectivity index is 1.71. The molecule has 0 saturated heterocycles. The minimum atomic E-state index is -0.180. The van der Waals surface area contributed by atoms with Crippen LogP contribution < -0.4 is 11.2 Å². The highest BCUT2D eigenvalue weighted by Gasteiger charge is 2.23. The van der Waals surface area contributed by atoms with Crippen molar-refractivity contribution in [1.29, 1.82) is 0 Å². The van der Waals surface area contributed by atoms with Crippen LogP contribution in [0.15, 0.2) is 35.5 Å². The van der Waals surface area contributed by atoms with Crippen LogP contribution in [0.1, 0.15) is 38.6 Å². The van der Waals surface area contributed by atoms with Gasteiger partial charge in [-0.05, 0) is 18.4 Å². The number of amides is 1. The standard InChI is InChI=1S/C17H25N5OS/c1-17(2,3)15-20-21-16(22(15)18)24-12-14(23)19-11-7-10-13-8-5-4-6-9-13/h4-6,8-9H,7,10-12,18H2,1-3H3,(H,19,23). The van der Waals surface area contributed by atoms with Gasteiger partial charge in [-0.3, -0.25) is 4.79 Å². The van der Waals surface area contributed by atoms with Gasteiger partial charge in [0.1, 0.15) is 0 Å². The maximum atomic E-state index is 11.9. The fourth-order valence-corrected chi connectivity index (χ4v) is 2.92. The van der Waals surface area contributed by atoms with Gasteiger partial charge >= 0.3 is 0 Å². The van der Waals surface area contributed by atoms with Crippen LogP contribution in [0.2, 0.25) is 0 Å². The van der Waals surface area contributed by atoms with Crippen LogP contribution in [-0.2, 0) is 16.6 Å². The highest BCUT2D eigenvalue weighted by Crippen LogP contribution is 2.22. The Labute approximate surface area is 147 Å². The maximum Gasteiger partial charge on any atom is 0.230 e. The van der Waals surface area contributed by atoms with Crippen molar-refractivity contribution >= 4 is 17.7 Å². The highest BCUT2D eigenvalue weighted by molar-refractivity contribution is 7.99. The summed E-state index contributed by atoms with van der Waals surface area (Å²) in [5.74, 6) is 6.97. The average molecular weight is 347 g/mol. The van der Waals surface area contributed by atoms with Gasteiger partial charge in [-0.2, -0.15) is 0 Å². The van der Waals surface area contributed by atoms with Gasteiger partial charge in [-0.25, -0.2) is 4.68 Å². The lowest BCUT2D eigenvalue weighted by molar-refractivity contribution is -0.118. The molecule has 1 aromatic carbocycles. The van der Waals surface area contributed by atoms with Gasteiger partial charge in [0.15, 0.2) is 5.82 Å². The molecule has 24 heavy (non-hydrogen) atoms. The first-order chi connectivity index (χ1) is 11.4. The molecule has 3 N–H and O–H groups in total. The van der Waals surface area contributed by atoms with Crippen LogP contribution >= 0.6 is 11.8 Å². The molecule has 0 radical (unpaired) electrons. The molecule has 0 atom stereocenters. The van der Waals surface area contributed by atoms with Gasteiger partial charge in [-0.15, -0.1) is 10.2 Å². The first-order valence-corrected chi connectivity index (χ1v) is 9.01. The fourth-order valence-electron chi connectivity index (χ4n) is 2.23. The summed E-state index contributed by atoms with van der Waals surface area (Å²) < 4.78 is 1.47. The molecule has 1 heterocycles. The zero-order valence-electron chi connectivity index (χ0n) is 14.5. The number of carbonyl (C=O) groups is 1.